The molecule has 2 N–H and O–H groups in total. The number of H-pyrrole nitrogens is 1. The second kappa shape index (κ2) is 7.73. The van der Waals surface area contributed by atoms with Crippen LogP contribution in [0.2, 0.25) is 0 Å². The number of hydrogen-bond donors (Lipinski definition) is 2. The van der Waals surface area contributed by atoms with E-state index < -0.39 is 5.97 Å². The lowest BCUT2D eigenvalue weighted by Crippen LogP contribution is -1.99. The van der Waals surface area contributed by atoms with Crippen molar-refractivity contribution in [2.24, 2.45) is 0 Å². The van der Waals surface area contributed by atoms with Crippen LogP contribution in [0.3, 0.4) is 0 Å². The number of pyridine rings is 2. The molecule has 0 unspecified atom stereocenters. The summed E-state index contributed by atoms with van der Waals surface area (Å²) >= 11 is 0. The molecule has 0 aliphatic heterocycles. The Morgan fingerprint density at radius 3 is 2.59 bits per heavy atom. The van der Waals surface area contributed by atoms with Crippen molar-refractivity contribution in [1.29, 1.82) is 0 Å². The molecule has 3 rings (SSSR count). The number of aliphatic carboxylic acids is 1. The van der Waals surface area contributed by atoms with Crippen LogP contribution in [0.5, 0.6) is 0 Å². The highest BCUT2D eigenvalue weighted by atomic mass is 16.4. The van der Waals surface area contributed by atoms with Gasteiger partial charge >= 0.3 is 5.97 Å². The Bertz CT molecular complexity index is 672. The summed E-state index contributed by atoms with van der Waals surface area (Å²) in [5.74, 6) is -0.789. The minimum atomic E-state index is -0.789. The van der Waals surface area contributed by atoms with Gasteiger partial charge in [-0.15, -0.1) is 0 Å². The topological polar surface area (TPSA) is 78.9 Å². The van der Waals surface area contributed by atoms with Crippen molar-refractivity contribution in [3.63, 3.8) is 0 Å². The molecule has 0 saturated heterocycles. The lowest BCUT2D eigenvalue weighted by Gasteiger charge is -1.96. The van der Waals surface area contributed by atoms with Gasteiger partial charge in [0.15, 0.2) is 0 Å². The molecule has 0 spiro atoms. The van der Waals surface area contributed by atoms with Crippen LogP contribution < -0.4 is 0 Å². The summed E-state index contributed by atoms with van der Waals surface area (Å²) in [7, 11) is 0. The van der Waals surface area contributed by atoms with E-state index in [2.05, 4.69) is 15.0 Å². The number of nitrogens with one attached hydrogen (secondary N) is 1. The zero-order valence-corrected chi connectivity index (χ0v) is 12.2. The van der Waals surface area contributed by atoms with E-state index >= 15 is 0 Å². The van der Waals surface area contributed by atoms with Crippen molar-refractivity contribution in [3.05, 3.63) is 72.4 Å². The van der Waals surface area contributed by atoms with Crippen LogP contribution in [0.1, 0.15) is 11.1 Å². The highest BCUT2D eigenvalue weighted by Gasteiger charge is 2.02. The normalized spacial score (nSPS) is 9.68. The summed E-state index contributed by atoms with van der Waals surface area (Å²) in [5, 5.41) is 8.40. The first-order chi connectivity index (χ1) is 10.7. The van der Waals surface area contributed by atoms with Crippen LogP contribution in [0, 0.1) is 6.92 Å². The minimum Gasteiger partial charge on any atom is -0.481 e. The van der Waals surface area contributed by atoms with E-state index in [1.165, 1.54) is 0 Å². The lowest BCUT2D eigenvalue weighted by molar-refractivity contribution is -0.136. The Balaban J connectivity index is 0.000000164. The van der Waals surface area contributed by atoms with Gasteiger partial charge in [-0.1, -0.05) is 6.07 Å². The average molecular weight is 295 g/mol. The van der Waals surface area contributed by atoms with Crippen LogP contribution in [0.4, 0.5) is 0 Å². The maximum atomic E-state index is 10.2. The molecule has 0 aliphatic rings. The van der Waals surface area contributed by atoms with Crippen molar-refractivity contribution in [3.8, 4) is 11.3 Å². The largest absolute Gasteiger partial charge is 0.481 e. The molecule has 5 nitrogen and oxygen atoms in total. The summed E-state index contributed by atoms with van der Waals surface area (Å²) in [6, 6.07) is 9.74. The monoisotopic (exact) mass is 295 g/mol. The molecule has 3 heterocycles. The van der Waals surface area contributed by atoms with Crippen LogP contribution in [-0.2, 0) is 11.2 Å². The van der Waals surface area contributed by atoms with E-state index in [-0.39, 0.29) is 6.42 Å². The van der Waals surface area contributed by atoms with Gasteiger partial charge in [0.2, 0.25) is 0 Å². The van der Waals surface area contributed by atoms with E-state index in [1.807, 2.05) is 43.5 Å². The molecule has 0 fully saturated rings. The fourth-order valence-electron chi connectivity index (χ4n) is 1.87. The molecule has 0 radical (unpaired) electrons. The van der Waals surface area contributed by atoms with Crippen LogP contribution >= 0.6 is 0 Å². The molecular formula is C17H17N3O2. The fraction of sp³-hybridized carbons (Fsp3) is 0.118. The molecule has 0 saturated carbocycles. The van der Waals surface area contributed by atoms with E-state index in [0.717, 1.165) is 22.4 Å². The Labute approximate surface area is 128 Å². The van der Waals surface area contributed by atoms with E-state index in [9.17, 15) is 4.79 Å². The van der Waals surface area contributed by atoms with Gasteiger partial charge in [-0.2, -0.15) is 0 Å². The molecular weight excluding hydrogens is 278 g/mol. The van der Waals surface area contributed by atoms with Crippen LogP contribution in [0.15, 0.2) is 61.3 Å². The van der Waals surface area contributed by atoms with Gasteiger partial charge in [0.25, 0.3) is 0 Å². The molecule has 5 heteroatoms. The first-order valence-electron chi connectivity index (χ1n) is 6.82. The summed E-state index contributed by atoms with van der Waals surface area (Å²) in [6.45, 7) is 1.88. The van der Waals surface area contributed by atoms with Crippen LogP contribution in [-0.4, -0.2) is 26.0 Å². The number of aryl methyl sites for hydroxylation is 1. The number of nitrogens with zero attached hydrogens (tertiary/aromatic N) is 2. The van der Waals surface area contributed by atoms with Crippen molar-refractivity contribution in [1.82, 2.24) is 15.0 Å². The van der Waals surface area contributed by atoms with Crippen molar-refractivity contribution in [2.75, 3.05) is 0 Å². The zero-order chi connectivity index (χ0) is 15.8. The first kappa shape index (κ1) is 15.4. The third kappa shape index (κ3) is 4.56. The molecule has 3 aromatic heterocycles. The molecule has 0 aliphatic carbocycles. The molecule has 112 valence electrons. The van der Waals surface area contributed by atoms with Gasteiger partial charge in [-0.25, -0.2) is 0 Å². The van der Waals surface area contributed by atoms with Gasteiger partial charge in [0.05, 0.1) is 12.1 Å². The minimum absolute atomic E-state index is 0.106. The third-order valence-corrected chi connectivity index (χ3v) is 3.03. The number of rotatable bonds is 3. The third-order valence-electron chi connectivity index (χ3n) is 3.03. The number of aromatic amines is 1. The van der Waals surface area contributed by atoms with Gasteiger partial charge < -0.3 is 10.1 Å². The van der Waals surface area contributed by atoms with E-state index in [0.29, 0.717) is 0 Å². The second-order valence-electron chi connectivity index (χ2n) is 4.69. The smallest absolute Gasteiger partial charge is 0.307 e. The molecule has 0 bridgehead atoms. The maximum Gasteiger partial charge on any atom is 0.307 e. The highest BCUT2D eigenvalue weighted by molar-refractivity contribution is 5.70. The Morgan fingerprint density at radius 1 is 1.18 bits per heavy atom. The number of carboxylic acids is 1. The van der Waals surface area contributed by atoms with Gasteiger partial charge in [0, 0.05) is 36.5 Å². The van der Waals surface area contributed by atoms with Gasteiger partial charge in [-0.05, 0) is 42.3 Å². The Morgan fingerprint density at radius 2 is 2.05 bits per heavy atom. The standard InChI is InChI=1S/C10H8N2.C7H9NO2/c1-2-7-12-10(5-1)9-4-3-6-11-8-9;1-5-3-8-4-6(5)2-7(9)10/h1-8H;3-4,8H,2H2,1H3,(H,9,10). The predicted molar refractivity (Wildman–Crippen MR) is 84.3 cm³/mol. The number of hydrogen-bond acceptors (Lipinski definition) is 3. The molecule has 0 atom stereocenters. The van der Waals surface area contributed by atoms with Crippen molar-refractivity contribution >= 4 is 5.97 Å². The number of carbonyl (C=O) groups is 1. The molecule has 0 aromatic carbocycles. The molecule has 0 amide bonds. The SMILES string of the molecule is Cc1c[nH]cc1CC(=O)O.c1ccc(-c2cccnc2)nc1. The zero-order valence-electron chi connectivity index (χ0n) is 12.2. The molecule has 22 heavy (non-hydrogen) atoms. The number of carboxylic acid groups (broad SMARTS) is 1. The van der Waals surface area contributed by atoms with E-state index in [1.54, 1.807) is 24.8 Å². The van der Waals surface area contributed by atoms with Gasteiger partial charge in [-0.3, -0.25) is 14.8 Å². The average Bonchev–Trinajstić information content (AvgIpc) is 2.94. The summed E-state index contributed by atoms with van der Waals surface area (Å²) in [6.07, 6.45) is 8.95. The Hall–Kier alpha value is -2.95. The predicted octanol–water partition coefficient (Wildman–Crippen LogP) is 3.09. The van der Waals surface area contributed by atoms with Crippen LogP contribution in [0.25, 0.3) is 11.3 Å². The number of aromatic nitrogens is 3. The Kier molecular flexibility index (Phi) is 5.43. The van der Waals surface area contributed by atoms with Crippen molar-refractivity contribution in [2.45, 2.75) is 13.3 Å². The highest BCUT2D eigenvalue weighted by Crippen LogP contribution is 2.12. The molecule has 3 aromatic rings. The quantitative estimate of drug-likeness (QED) is 0.778. The lowest BCUT2D eigenvalue weighted by atomic mass is 10.2. The summed E-state index contributed by atoms with van der Waals surface area (Å²) in [5.41, 5.74) is 3.87. The first-order valence-corrected chi connectivity index (χ1v) is 6.82. The fourth-order valence-corrected chi connectivity index (χ4v) is 1.87. The second-order valence-corrected chi connectivity index (χ2v) is 4.69. The van der Waals surface area contributed by atoms with Gasteiger partial charge in [0.1, 0.15) is 0 Å². The summed E-state index contributed by atoms with van der Waals surface area (Å²) in [4.78, 5) is 21.3. The maximum absolute atomic E-state index is 10.2. The van der Waals surface area contributed by atoms with Crippen molar-refractivity contribution < 1.29 is 9.90 Å². The van der Waals surface area contributed by atoms with E-state index in [4.69, 9.17) is 5.11 Å². The summed E-state index contributed by atoms with van der Waals surface area (Å²) < 4.78 is 0.